The molecule has 1 amide bonds. The van der Waals surface area contributed by atoms with Gasteiger partial charge in [0, 0.05) is 11.1 Å². The Morgan fingerprint density at radius 3 is 2.61 bits per heavy atom. The number of nitrogens with zero attached hydrogens (tertiary/aromatic N) is 2. The van der Waals surface area contributed by atoms with E-state index in [1.165, 1.54) is 24.3 Å². The SMILES string of the molecule is Cc1ccc2[nH]c(NC(=O)c3ccc(F)cc3)nc2c1[N+](=O)[O-]. The van der Waals surface area contributed by atoms with Crippen molar-refractivity contribution < 1.29 is 14.1 Å². The number of fused-ring (bicyclic) bond motifs is 1. The monoisotopic (exact) mass is 314 g/mol. The second-order valence-electron chi connectivity index (χ2n) is 4.93. The van der Waals surface area contributed by atoms with Crippen LogP contribution >= 0.6 is 0 Å². The third-order valence-corrected chi connectivity index (χ3v) is 3.35. The van der Waals surface area contributed by atoms with Crippen LogP contribution in [0.15, 0.2) is 36.4 Å². The highest BCUT2D eigenvalue weighted by Gasteiger charge is 2.20. The summed E-state index contributed by atoms with van der Waals surface area (Å²) in [4.78, 5) is 29.6. The molecular weight excluding hydrogens is 303 g/mol. The first kappa shape index (κ1) is 14.6. The largest absolute Gasteiger partial charge is 0.324 e. The number of aromatic amines is 1. The van der Waals surface area contributed by atoms with Gasteiger partial charge >= 0.3 is 0 Å². The molecule has 0 fully saturated rings. The van der Waals surface area contributed by atoms with Crippen molar-refractivity contribution in [2.45, 2.75) is 6.92 Å². The van der Waals surface area contributed by atoms with E-state index in [0.29, 0.717) is 11.1 Å². The molecular formula is C15H11FN4O3. The van der Waals surface area contributed by atoms with E-state index >= 15 is 0 Å². The Hall–Kier alpha value is -3.29. The van der Waals surface area contributed by atoms with Gasteiger partial charge in [0.15, 0.2) is 5.52 Å². The number of rotatable bonds is 3. The van der Waals surface area contributed by atoms with Gasteiger partial charge in [-0.2, -0.15) is 0 Å². The summed E-state index contributed by atoms with van der Waals surface area (Å²) in [7, 11) is 0. The Morgan fingerprint density at radius 2 is 1.96 bits per heavy atom. The molecule has 0 unspecified atom stereocenters. The molecule has 0 aliphatic heterocycles. The number of nitrogens with one attached hydrogen (secondary N) is 2. The molecule has 8 heteroatoms. The van der Waals surface area contributed by atoms with E-state index in [-0.39, 0.29) is 22.7 Å². The average molecular weight is 314 g/mol. The number of imidazole rings is 1. The van der Waals surface area contributed by atoms with Crippen LogP contribution in [0.4, 0.5) is 16.0 Å². The van der Waals surface area contributed by atoms with Gasteiger partial charge in [-0.3, -0.25) is 20.2 Å². The first-order chi connectivity index (χ1) is 11.0. The van der Waals surface area contributed by atoms with E-state index < -0.39 is 16.6 Å². The Bertz CT molecular complexity index is 918. The molecule has 0 atom stereocenters. The first-order valence-corrected chi connectivity index (χ1v) is 6.66. The van der Waals surface area contributed by atoms with Crippen molar-refractivity contribution in [1.82, 2.24) is 9.97 Å². The number of nitro groups is 1. The van der Waals surface area contributed by atoms with Crippen LogP contribution in [-0.4, -0.2) is 20.8 Å². The minimum atomic E-state index is -0.510. The van der Waals surface area contributed by atoms with E-state index in [2.05, 4.69) is 15.3 Å². The normalized spacial score (nSPS) is 10.7. The minimum absolute atomic E-state index is 0.0861. The van der Waals surface area contributed by atoms with Crippen molar-refractivity contribution in [3.63, 3.8) is 0 Å². The van der Waals surface area contributed by atoms with E-state index in [9.17, 15) is 19.3 Å². The van der Waals surface area contributed by atoms with Crippen molar-refractivity contribution in [2.24, 2.45) is 0 Å². The molecule has 2 aromatic carbocycles. The number of nitro benzene ring substituents is 1. The molecule has 0 bridgehead atoms. The van der Waals surface area contributed by atoms with Crippen LogP contribution in [0, 0.1) is 22.9 Å². The number of carbonyl (C=O) groups excluding carboxylic acids is 1. The number of hydrogen-bond acceptors (Lipinski definition) is 4. The molecule has 23 heavy (non-hydrogen) atoms. The van der Waals surface area contributed by atoms with Gasteiger partial charge in [-0.1, -0.05) is 6.07 Å². The highest BCUT2D eigenvalue weighted by Crippen LogP contribution is 2.28. The third-order valence-electron chi connectivity index (χ3n) is 3.35. The van der Waals surface area contributed by atoms with Crippen LogP contribution in [0.25, 0.3) is 11.0 Å². The summed E-state index contributed by atoms with van der Waals surface area (Å²) in [5, 5.41) is 13.7. The van der Waals surface area contributed by atoms with Gasteiger partial charge in [-0.05, 0) is 37.3 Å². The zero-order valence-electron chi connectivity index (χ0n) is 12.0. The van der Waals surface area contributed by atoms with E-state index in [1.807, 2.05) is 0 Å². The maximum absolute atomic E-state index is 12.9. The summed E-state index contributed by atoms with van der Waals surface area (Å²) >= 11 is 0. The Balaban J connectivity index is 1.95. The van der Waals surface area contributed by atoms with Gasteiger partial charge in [0.1, 0.15) is 5.82 Å². The lowest BCUT2D eigenvalue weighted by Crippen LogP contribution is -2.12. The van der Waals surface area contributed by atoms with Gasteiger partial charge in [-0.25, -0.2) is 9.37 Å². The fraction of sp³-hybridized carbons (Fsp3) is 0.0667. The van der Waals surface area contributed by atoms with Crippen molar-refractivity contribution in [2.75, 3.05) is 5.32 Å². The predicted octanol–water partition coefficient (Wildman–Crippen LogP) is 3.17. The van der Waals surface area contributed by atoms with Crippen molar-refractivity contribution in [1.29, 1.82) is 0 Å². The molecule has 1 heterocycles. The molecule has 0 saturated heterocycles. The van der Waals surface area contributed by atoms with Crippen molar-refractivity contribution in [3.8, 4) is 0 Å². The first-order valence-electron chi connectivity index (χ1n) is 6.66. The van der Waals surface area contributed by atoms with Crippen molar-refractivity contribution >= 4 is 28.6 Å². The number of amides is 1. The van der Waals surface area contributed by atoms with Crippen LogP contribution in [0.1, 0.15) is 15.9 Å². The zero-order chi connectivity index (χ0) is 16.6. The summed E-state index contributed by atoms with van der Waals surface area (Å²) < 4.78 is 12.9. The van der Waals surface area contributed by atoms with Gasteiger partial charge in [0.25, 0.3) is 11.6 Å². The predicted molar refractivity (Wildman–Crippen MR) is 81.8 cm³/mol. The molecule has 0 radical (unpaired) electrons. The molecule has 3 aromatic rings. The summed E-state index contributed by atoms with van der Waals surface area (Å²) in [5.74, 6) is -0.858. The second kappa shape index (κ2) is 5.48. The molecule has 3 rings (SSSR count). The minimum Gasteiger partial charge on any atom is -0.324 e. The number of H-pyrrole nitrogens is 1. The average Bonchev–Trinajstić information content (AvgIpc) is 2.89. The van der Waals surface area contributed by atoms with Gasteiger partial charge in [0.2, 0.25) is 5.95 Å². The van der Waals surface area contributed by atoms with Gasteiger partial charge in [0.05, 0.1) is 10.4 Å². The number of carbonyl (C=O) groups is 1. The van der Waals surface area contributed by atoms with Crippen LogP contribution in [0.2, 0.25) is 0 Å². The fourth-order valence-corrected chi connectivity index (χ4v) is 2.23. The number of hydrogen-bond donors (Lipinski definition) is 2. The molecule has 2 N–H and O–H groups in total. The molecule has 0 saturated carbocycles. The molecule has 0 aliphatic rings. The summed E-state index contributed by atoms with van der Waals surface area (Å²) in [5.41, 5.74) is 1.23. The summed E-state index contributed by atoms with van der Waals surface area (Å²) in [6.07, 6.45) is 0. The topological polar surface area (TPSA) is 101 Å². The molecule has 0 spiro atoms. The highest BCUT2D eigenvalue weighted by atomic mass is 19.1. The second-order valence-corrected chi connectivity index (χ2v) is 4.93. The number of aromatic nitrogens is 2. The van der Waals surface area contributed by atoms with Gasteiger partial charge in [-0.15, -0.1) is 0 Å². The van der Waals surface area contributed by atoms with Crippen LogP contribution < -0.4 is 5.32 Å². The molecule has 0 aliphatic carbocycles. The quantitative estimate of drug-likeness (QED) is 0.572. The van der Waals surface area contributed by atoms with Crippen molar-refractivity contribution in [3.05, 3.63) is 63.5 Å². The maximum atomic E-state index is 12.9. The summed E-state index contributed by atoms with van der Waals surface area (Å²) in [6.45, 7) is 1.61. The number of aryl methyl sites for hydroxylation is 1. The number of anilines is 1. The smallest absolute Gasteiger partial charge is 0.299 e. The standard InChI is InChI=1S/C15H11FN4O3/c1-8-2-7-11-12(13(8)20(22)23)18-15(17-11)19-14(21)9-3-5-10(16)6-4-9/h2-7H,1H3,(H2,17,18,19,21). The highest BCUT2D eigenvalue weighted by molar-refractivity contribution is 6.04. The Labute approximate surface area is 129 Å². The van der Waals surface area contributed by atoms with E-state index in [0.717, 1.165) is 0 Å². The number of benzene rings is 2. The molecule has 1 aromatic heterocycles. The fourth-order valence-electron chi connectivity index (χ4n) is 2.23. The zero-order valence-corrected chi connectivity index (χ0v) is 12.0. The van der Waals surface area contributed by atoms with Gasteiger partial charge < -0.3 is 4.98 Å². The lowest BCUT2D eigenvalue weighted by molar-refractivity contribution is -0.383. The van der Waals surface area contributed by atoms with Crippen LogP contribution in [-0.2, 0) is 0 Å². The lowest BCUT2D eigenvalue weighted by Gasteiger charge is -2.01. The molecule has 116 valence electrons. The molecule has 7 nitrogen and oxygen atoms in total. The third kappa shape index (κ3) is 2.73. The number of halogens is 1. The van der Waals surface area contributed by atoms with Crippen LogP contribution in [0.3, 0.4) is 0 Å². The Morgan fingerprint density at radius 1 is 1.26 bits per heavy atom. The van der Waals surface area contributed by atoms with E-state index in [1.54, 1.807) is 19.1 Å². The van der Waals surface area contributed by atoms with E-state index in [4.69, 9.17) is 0 Å². The summed E-state index contributed by atoms with van der Waals surface area (Å²) in [6, 6.07) is 8.26. The lowest BCUT2D eigenvalue weighted by atomic mass is 10.2. The maximum Gasteiger partial charge on any atom is 0.299 e. The van der Waals surface area contributed by atoms with Crippen LogP contribution in [0.5, 0.6) is 0 Å². The Kier molecular flexibility index (Phi) is 3.49.